The molecule has 29 heavy (non-hydrogen) atoms. The van der Waals surface area contributed by atoms with Gasteiger partial charge in [0.2, 0.25) is 0 Å². The number of hydrogen-bond acceptors (Lipinski definition) is 6. The molecule has 0 saturated heterocycles. The lowest BCUT2D eigenvalue weighted by molar-refractivity contribution is -0.141. The molecule has 1 aromatic carbocycles. The third kappa shape index (κ3) is 4.70. The van der Waals surface area contributed by atoms with Gasteiger partial charge in [-0.05, 0) is 49.0 Å². The first-order valence-corrected chi connectivity index (χ1v) is 10.0. The average Bonchev–Trinajstić information content (AvgIpc) is 2.95. The summed E-state index contributed by atoms with van der Waals surface area (Å²) in [6, 6.07) is 6.68. The Morgan fingerprint density at radius 2 is 2.00 bits per heavy atom. The van der Waals surface area contributed by atoms with E-state index >= 15 is 0 Å². The van der Waals surface area contributed by atoms with Crippen molar-refractivity contribution in [3.63, 3.8) is 0 Å². The van der Waals surface area contributed by atoms with Crippen molar-refractivity contribution in [1.82, 2.24) is 0 Å². The monoisotopic (exact) mass is 400 g/mol. The Balaban J connectivity index is 1.80. The molecule has 0 saturated carbocycles. The molecule has 1 heterocycles. The van der Waals surface area contributed by atoms with Gasteiger partial charge in [0.05, 0.1) is 6.61 Å². The van der Waals surface area contributed by atoms with Crippen LogP contribution in [0.2, 0.25) is 0 Å². The SMILES string of the molecule is CC(=O)OCCC[C@H](C)C1=C(C)C[C@H]2OC(=O)C(Cc3ccc(O)cc3)=C2[C@@H]1O. The Bertz CT molecular complexity index is 849. The number of carbonyl (C=O) groups excluding carboxylic acids is 2. The third-order valence-corrected chi connectivity index (χ3v) is 5.70. The number of aliphatic hydroxyl groups is 1. The van der Waals surface area contributed by atoms with Crippen molar-refractivity contribution in [3.05, 3.63) is 52.1 Å². The van der Waals surface area contributed by atoms with Gasteiger partial charge < -0.3 is 19.7 Å². The van der Waals surface area contributed by atoms with Crippen molar-refractivity contribution < 1.29 is 29.3 Å². The van der Waals surface area contributed by atoms with Crippen LogP contribution in [0.5, 0.6) is 5.75 Å². The number of phenolic OH excluding ortho intramolecular Hbond substituents is 1. The number of aliphatic hydroxyl groups excluding tert-OH is 1. The quantitative estimate of drug-likeness (QED) is 0.415. The first kappa shape index (κ1) is 21.1. The predicted molar refractivity (Wildman–Crippen MR) is 107 cm³/mol. The highest BCUT2D eigenvalue weighted by Gasteiger charge is 2.43. The van der Waals surface area contributed by atoms with Crippen molar-refractivity contribution in [2.45, 2.75) is 58.7 Å². The molecule has 156 valence electrons. The first-order chi connectivity index (χ1) is 13.8. The zero-order chi connectivity index (χ0) is 21.1. The van der Waals surface area contributed by atoms with Gasteiger partial charge in [-0.25, -0.2) is 4.79 Å². The molecule has 3 rings (SSSR count). The van der Waals surface area contributed by atoms with E-state index in [1.807, 2.05) is 13.8 Å². The molecule has 1 aromatic rings. The molecule has 0 amide bonds. The minimum absolute atomic E-state index is 0.0969. The van der Waals surface area contributed by atoms with Crippen LogP contribution in [0, 0.1) is 5.92 Å². The van der Waals surface area contributed by atoms with E-state index in [0.29, 0.717) is 37.0 Å². The molecule has 1 aliphatic carbocycles. The highest BCUT2D eigenvalue weighted by atomic mass is 16.5. The van der Waals surface area contributed by atoms with E-state index in [2.05, 4.69) is 0 Å². The van der Waals surface area contributed by atoms with E-state index in [4.69, 9.17) is 9.47 Å². The fourth-order valence-corrected chi connectivity index (χ4v) is 4.31. The maximum atomic E-state index is 12.5. The van der Waals surface area contributed by atoms with Gasteiger partial charge in [0.15, 0.2) is 0 Å². The summed E-state index contributed by atoms with van der Waals surface area (Å²) in [5, 5.41) is 20.6. The van der Waals surface area contributed by atoms with Crippen LogP contribution in [0.25, 0.3) is 0 Å². The summed E-state index contributed by atoms with van der Waals surface area (Å²) < 4.78 is 10.6. The van der Waals surface area contributed by atoms with Crippen molar-refractivity contribution in [1.29, 1.82) is 0 Å². The van der Waals surface area contributed by atoms with Crippen LogP contribution in [0.4, 0.5) is 0 Å². The van der Waals surface area contributed by atoms with Gasteiger partial charge in [-0.15, -0.1) is 0 Å². The maximum absolute atomic E-state index is 12.5. The van der Waals surface area contributed by atoms with Crippen LogP contribution >= 0.6 is 0 Å². The largest absolute Gasteiger partial charge is 0.508 e. The number of carbonyl (C=O) groups is 2. The van der Waals surface area contributed by atoms with E-state index in [1.54, 1.807) is 24.3 Å². The van der Waals surface area contributed by atoms with Crippen LogP contribution < -0.4 is 0 Å². The van der Waals surface area contributed by atoms with Crippen LogP contribution in [-0.2, 0) is 25.5 Å². The number of fused-ring (bicyclic) bond motifs is 1. The number of hydrogen-bond donors (Lipinski definition) is 2. The molecule has 0 aromatic heterocycles. The summed E-state index contributed by atoms with van der Waals surface area (Å²) in [4.78, 5) is 23.4. The van der Waals surface area contributed by atoms with E-state index in [1.165, 1.54) is 6.92 Å². The number of rotatable bonds is 7. The van der Waals surface area contributed by atoms with E-state index in [0.717, 1.165) is 23.1 Å². The highest BCUT2D eigenvalue weighted by Crippen LogP contribution is 2.42. The Hall–Kier alpha value is -2.60. The topological polar surface area (TPSA) is 93.1 Å². The third-order valence-electron chi connectivity index (χ3n) is 5.70. The summed E-state index contributed by atoms with van der Waals surface area (Å²) in [5.41, 5.74) is 4.02. The molecule has 0 spiro atoms. The van der Waals surface area contributed by atoms with Crippen LogP contribution in [0.15, 0.2) is 46.6 Å². The Labute approximate surface area is 170 Å². The smallest absolute Gasteiger partial charge is 0.335 e. The van der Waals surface area contributed by atoms with Crippen LogP contribution in [-0.4, -0.2) is 41.0 Å². The van der Waals surface area contributed by atoms with Crippen molar-refractivity contribution in [2.75, 3.05) is 6.61 Å². The molecule has 6 nitrogen and oxygen atoms in total. The summed E-state index contributed by atoms with van der Waals surface area (Å²) in [7, 11) is 0. The first-order valence-electron chi connectivity index (χ1n) is 10.0. The second kappa shape index (κ2) is 8.82. The second-order valence-corrected chi connectivity index (χ2v) is 7.90. The summed E-state index contributed by atoms with van der Waals surface area (Å²) in [5.74, 6) is -0.410. The zero-order valence-corrected chi connectivity index (χ0v) is 17.1. The predicted octanol–water partition coefficient (Wildman–Crippen LogP) is 3.22. The summed E-state index contributed by atoms with van der Waals surface area (Å²) in [6.07, 6.45) is 1.16. The van der Waals surface area contributed by atoms with Gasteiger partial charge in [0.25, 0.3) is 0 Å². The minimum Gasteiger partial charge on any atom is -0.508 e. The number of esters is 2. The molecule has 0 fully saturated rings. The number of ether oxygens (including phenoxy) is 2. The number of benzene rings is 1. The van der Waals surface area contributed by atoms with Crippen molar-refractivity contribution in [3.8, 4) is 5.75 Å². The molecule has 1 aliphatic heterocycles. The second-order valence-electron chi connectivity index (χ2n) is 7.90. The molecule has 0 radical (unpaired) electrons. The van der Waals surface area contributed by atoms with Crippen LogP contribution in [0.3, 0.4) is 0 Å². The average molecular weight is 400 g/mol. The Kier molecular flexibility index (Phi) is 6.42. The Morgan fingerprint density at radius 1 is 1.31 bits per heavy atom. The molecule has 2 aliphatic rings. The van der Waals surface area contributed by atoms with Gasteiger partial charge in [0, 0.05) is 30.9 Å². The lowest BCUT2D eigenvalue weighted by Crippen LogP contribution is -2.32. The lowest BCUT2D eigenvalue weighted by Gasteiger charge is -2.32. The molecule has 0 unspecified atom stereocenters. The molecule has 2 N–H and O–H groups in total. The highest BCUT2D eigenvalue weighted by molar-refractivity contribution is 5.93. The van der Waals surface area contributed by atoms with E-state index in [9.17, 15) is 19.8 Å². The van der Waals surface area contributed by atoms with Crippen molar-refractivity contribution in [2.24, 2.45) is 5.92 Å². The van der Waals surface area contributed by atoms with Crippen molar-refractivity contribution >= 4 is 11.9 Å². The molecule has 6 heteroatoms. The fourth-order valence-electron chi connectivity index (χ4n) is 4.31. The summed E-state index contributed by atoms with van der Waals surface area (Å²) in [6.45, 7) is 5.78. The number of aromatic hydroxyl groups is 1. The standard InChI is InChI=1S/C23H28O6/c1-13(5-4-10-28-15(3)24)20-14(2)11-19-21(22(20)26)18(23(27)29-19)12-16-6-8-17(25)9-7-16/h6-9,13,19,22,25-26H,4-5,10-12H2,1-3H3/t13-,19+,22+/m0/s1. The van der Waals surface area contributed by atoms with Crippen LogP contribution in [0.1, 0.15) is 45.6 Å². The molecular weight excluding hydrogens is 372 g/mol. The van der Waals surface area contributed by atoms with E-state index in [-0.39, 0.29) is 23.6 Å². The summed E-state index contributed by atoms with van der Waals surface area (Å²) >= 11 is 0. The lowest BCUT2D eigenvalue weighted by atomic mass is 9.76. The number of phenols is 1. The van der Waals surface area contributed by atoms with Gasteiger partial charge >= 0.3 is 11.9 Å². The normalized spacial score (nSPS) is 22.4. The minimum atomic E-state index is -0.851. The van der Waals surface area contributed by atoms with Gasteiger partial charge in [-0.3, -0.25) is 4.79 Å². The fraction of sp³-hybridized carbons (Fsp3) is 0.478. The van der Waals surface area contributed by atoms with Gasteiger partial charge in [-0.1, -0.05) is 24.6 Å². The molecule has 0 bridgehead atoms. The van der Waals surface area contributed by atoms with Gasteiger partial charge in [0.1, 0.15) is 18.0 Å². The Morgan fingerprint density at radius 3 is 2.66 bits per heavy atom. The zero-order valence-electron chi connectivity index (χ0n) is 17.1. The van der Waals surface area contributed by atoms with Gasteiger partial charge in [-0.2, -0.15) is 0 Å². The molecular formula is C23H28O6. The van der Waals surface area contributed by atoms with E-state index < -0.39 is 12.2 Å². The maximum Gasteiger partial charge on any atom is 0.335 e. The molecule has 3 atom stereocenters.